The third-order valence-corrected chi connectivity index (χ3v) is 7.36. The number of aliphatic hydroxyl groups excluding tert-OH is 2. The summed E-state index contributed by atoms with van der Waals surface area (Å²) in [6.07, 6.45) is 7.01. The summed E-state index contributed by atoms with van der Waals surface area (Å²) >= 11 is 0. The largest absolute Gasteiger partial charge is 0.396 e. The zero-order chi connectivity index (χ0) is 17.8. The normalized spacial score (nSPS) is 44.5. The molecular weight excluding hydrogens is 304 g/mol. The van der Waals surface area contributed by atoms with E-state index in [9.17, 15) is 15.0 Å². The van der Waals surface area contributed by atoms with Crippen LogP contribution in [0.4, 0.5) is 0 Å². The highest BCUT2D eigenvalue weighted by Gasteiger charge is 2.66. The lowest BCUT2D eigenvalue weighted by Gasteiger charge is -2.59. The van der Waals surface area contributed by atoms with Crippen LogP contribution in [0.5, 0.6) is 0 Å². The molecule has 1 aliphatic heterocycles. The van der Waals surface area contributed by atoms with E-state index in [0.717, 1.165) is 25.7 Å². The number of hydrogen-bond acceptors (Lipinski definition) is 4. The molecule has 0 amide bonds. The summed E-state index contributed by atoms with van der Waals surface area (Å²) in [4.78, 5) is 12.8. The Morgan fingerprint density at radius 3 is 2.50 bits per heavy atom. The van der Waals surface area contributed by atoms with Gasteiger partial charge in [-0.3, -0.25) is 4.79 Å². The summed E-state index contributed by atoms with van der Waals surface area (Å²) in [6, 6.07) is 0. The number of ketones is 1. The van der Waals surface area contributed by atoms with Crippen molar-refractivity contribution < 1.29 is 19.7 Å². The van der Waals surface area contributed by atoms with Gasteiger partial charge in [-0.25, -0.2) is 0 Å². The van der Waals surface area contributed by atoms with E-state index >= 15 is 0 Å². The molecule has 0 aromatic carbocycles. The van der Waals surface area contributed by atoms with Gasteiger partial charge in [0, 0.05) is 24.4 Å². The lowest BCUT2D eigenvalue weighted by molar-refractivity contribution is -0.204. The van der Waals surface area contributed by atoms with Crippen LogP contribution in [-0.2, 0) is 9.53 Å². The topological polar surface area (TPSA) is 66.8 Å². The zero-order valence-electron chi connectivity index (χ0n) is 15.5. The second kappa shape index (κ2) is 5.65. The molecule has 4 heteroatoms. The van der Waals surface area contributed by atoms with E-state index in [-0.39, 0.29) is 35.7 Å². The predicted octanol–water partition coefficient (Wildman–Crippen LogP) is 3.01. The molecule has 136 valence electrons. The molecule has 0 aromatic rings. The van der Waals surface area contributed by atoms with E-state index in [2.05, 4.69) is 20.8 Å². The maximum absolute atomic E-state index is 12.8. The number of hydrogen-bond donors (Lipinski definition) is 2. The Balaban J connectivity index is 2.10. The predicted molar refractivity (Wildman–Crippen MR) is 92.6 cm³/mol. The van der Waals surface area contributed by atoms with E-state index in [1.807, 2.05) is 13.0 Å². The third kappa shape index (κ3) is 2.26. The molecule has 2 fully saturated rings. The second-order valence-electron chi connectivity index (χ2n) is 9.06. The summed E-state index contributed by atoms with van der Waals surface area (Å²) in [5, 5.41) is 19.4. The third-order valence-electron chi connectivity index (χ3n) is 7.36. The van der Waals surface area contributed by atoms with Crippen molar-refractivity contribution in [3.63, 3.8) is 0 Å². The van der Waals surface area contributed by atoms with Gasteiger partial charge in [-0.05, 0) is 37.2 Å². The molecule has 0 aromatic heterocycles. The maximum atomic E-state index is 12.8. The average Bonchev–Trinajstić information content (AvgIpc) is 2.91. The molecule has 0 bridgehead atoms. The Morgan fingerprint density at radius 1 is 1.17 bits per heavy atom. The number of aliphatic hydroxyl groups is 2. The molecule has 3 rings (SSSR count). The van der Waals surface area contributed by atoms with Crippen molar-refractivity contribution in [3.05, 3.63) is 11.6 Å². The molecule has 1 saturated carbocycles. The van der Waals surface area contributed by atoms with Gasteiger partial charge in [0.05, 0.1) is 17.8 Å². The highest BCUT2D eigenvalue weighted by atomic mass is 16.5. The van der Waals surface area contributed by atoms with E-state index < -0.39 is 11.2 Å². The Hall–Kier alpha value is -0.710. The average molecular weight is 336 g/mol. The first-order valence-electron chi connectivity index (χ1n) is 9.35. The fourth-order valence-corrected chi connectivity index (χ4v) is 5.83. The van der Waals surface area contributed by atoms with Crippen molar-refractivity contribution in [1.82, 2.24) is 0 Å². The van der Waals surface area contributed by atoms with Crippen LogP contribution in [0.15, 0.2) is 11.6 Å². The van der Waals surface area contributed by atoms with Gasteiger partial charge in [-0.2, -0.15) is 0 Å². The number of fused-ring (bicyclic) bond motifs is 2. The first kappa shape index (κ1) is 18.1. The van der Waals surface area contributed by atoms with Crippen LogP contribution < -0.4 is 0 Å². The summed E-state index contributed by atoms with van der Waals surface area (Å²) in [7, 11) is 0. The van der Waals surface area contributed by atoms with Gasteiger partial charge in [-0.15, -0.1) is 0 Å². The van der Waals surface area contributed by atoms with Crippen LogP contribution in [0.1, 0.15) is 66.2 Å². The molecule has 1 heterocycles. The van der Waals surface area contributed by atoms with Gasteiger partial charge < -0.3 is 14.9 Å². The summed E-state index contributed by atoms with van der Waals surface area (Å²) in [5.41, 5.74) is -0.239. The molecule has 2 N–H and O–H groups in total. The minimum absolute atomic E-state index is 0.000598. The molecule has 1 spiro atoms. The number of carbonyl (C=O) groups excluding carboxylic acids is 1. The smallest absolute Gasteiger partial charge is 0.161 e. The number of ether oxygens (including phenoxy) is 1. The van der Waals surface area contributed by atoms with Crippen LogP contribution in [-0.4, -0.2) is 40.4 Å². The molecule has 4 nitrogen and oxygen atoms in total. The standard InChI is InChI=1S/C20H32O4/c1-14-15(23)12-16-17(2,3)6-5-7-18(16,4)20(14)9-8-19(13-22,24-20)10-11-21/h12,14,21-22H,5-11,13H2,1-4H3. The summed E-state index contributed by atoms with van der Waals surface area (Å²) in [5.74, 6) is -0.0672. The maximum Gasteiger partial charge on any atom is 0.161 e. The first-order valence-corrected chi connectivity index (χ1v) is 9.35. The first-order chi connectivity index (χ1) is 11.2. The minimum atomic E-state index is -0.712. The van der Waals surface area contributed by atoms with E-state index in [4.69, 9.17) is 4.74 Å². The van der Waals surface area contributed by atoms with Crippen molar-refractivity contribution in [2.45, 2.75) is 77.4 Å². The Morgan fingerprint density at radius 2 is 1.88 bits per heavy atom. The highest BCUT2D eigenvalue weighted by molar-refractivity contribution is 5.95. The SMILES string of the molecule is CC1C(=O)C=C2C(C)(C)CCCC2(C)C12CCC(CO)(CCO)O2. The van der Waals surface area contributed by atoms with Gasteiger partial charge in [0.25, 0.3) is 0 Å². The van der Waals surface area contributed by atoms with Gasteiger partial charge in [0.15, 0.2) is 5.78 Å². The quantitative estimate of drug-likeness (QED) is 0.831. The van der Waals surface area contributed by atoms with Gasteiger partial charge in [0.2, 0.25) is 0 Å². The number of allylic oxidation sites excluding steroid dienone is 1. The minimum Gasteiger partial charge on any atom is -0.396 e. The monoisotopic (exact) mass is 336 g/mol. The van der Waals surface area contributed by atoms with Gasteiger partial charge in [-0.1, -0.05) is 39.7 Å². The molecule has 3 aliphatic rings. The van der Waals surface area contributed by atoms with E-state index in [1.165, 1.54) is 5.57 Å². The van der Waals surface area contributed by atoms with Crippen molar-refractivity contribution >= 4 is 5.78 Å². The number of carbonyl (C=O) groups is 1. The van der Waals surface area contributed by atoms with E-state index in [1.54, 1.807) is 0 Å². The molecule has 1 saturated heterocycles. The van der Waals surface area contributed by atoms with Crippen molar-refractivity contribution in [1.29, 1.82) is 0 Å². The lowest BCUT2D eigenvalue weighted by Crippen LogP contribution is -2.61. The molecule has 24 heavy (non-hydrogen) atoms. The fraction of sp³-hybridized carbons (Fsp3) is 0.850. The van der Waals surface area contributed by atoms with Crippen molar-refractivity contribution in [2.24, 2.45) is 16.7 Å². The van der Waals surface area contributed by atoms with Crippen LogP contribution in [0.3, 0.4) is 0 Å². The Labute approximate surface area is 145 Å². The molecule has 4 unspecified atom stereocenters. The van der Waals surface area contributed by atoms with Crippen LogP contribution in [0.25, 0.3) is 0 Å². The van der Waals surface area contributed by atoms with E-state index in [0.29, 0.717) is 12.8 Å². The van der Waals surface area contributed by atoms with Crippen LogP contribution in [0.2, 0.25) is 0 Å². The van der Waals surface area contributed by atoms with Gasteiger partial charge in [0.1, 0.15) is 0 Å². The summed E-state index contributed by atoms with van der Waals surface area (Å²) in [6.45, 7) is 8.59. The lowest BCUT2D eigenvalue weighted by atomic mass is 9.48. The fourth-order valence-electron chi connectivity index (χ4n) is 5.83. The molecule has 4 atom stereocenters. The van der Waals surface area contributed by atoms with Crippen LogP contribution in [0, 0.1) is 16.7 Å². The Bertz CT molecular complexity index is 566. The van der Waals surface area contributed by atoms with Crippen molar-refractivity contribution in [2.75, 3.05) is 13.2 Å². The number of rotatable bonds is 3. The summed E-state index contributed by atoms with van der Waals surface area (Å²) < 4.78 is 6.64. The van der Waals surface area contributed by atoms with Crippen LogP contribution >= 0.6 is 0 Å². The molecular formula is C20H32O4. The second-order valence-corrected chi connectivity index (χ2v) is 9.06. The zero-order valence-corrected chi connectivity index (χ0v) is 15.5. The highest BCUT2D eigenvalue weighted by Crippen LogP contribution is 2.65. The molecule has 0 radical (unpaired) electrons. The molecule has 2 aliphatic carbocycles. The van der Waals surface area contributed by atoms with Crippen molar-refractivity contribution in [3.8, 4) is 0 Å². The Kier molecular flexibility index (Phi) is 4.26. The van der Waals surface area contributed by atoms with Gasteiger partial charge >= 0.3 is 0 Å².